The molecule has 0 saturated carbocycles. The third kappa shape index (κ3) is 8.70. The summed E-state index contributed by atoms with van der Waals surface area (Å²) in [6, 6.07) is -0.273. The van der Waals surface area contributed by atoms with E-state index in [0.29, 0.717) is 23.3 Å². The number of likely N-dealkylation sites (N-methyl/N-ethyl adjacent to an activating group) is 1. The fourth-order valence-electron chi connectivity index (χ4n) is 7.43. The standard InChI is InChI=1S/C35H58N2O10/c1-13-26-35(10,42)31-21(5)27(36-24(8)38)19(3)15-34(9,44-17-18(2)16-43-31)30(22(6)28(39)23(7)32(41)46-26)47-33-29(40)25(37(11)12)14-20(4)45-33/h20-23,25-26,29-31,33,40,42H,2,13-17H2,1,3-12H3,(H,36,38)/t20-,21+,22+,23-,25+,26-,29-,30-,31-,33+,34-,35-/m1/s1. The van der Waals surface area contributed by atoms with Crippen LogP contribution in [0.25, 0.3) is 0 Å². The lowest BCUT2D eigenvalue weighted by atomic mass is 9.77. The number of aliphatic hydroxyl groups is 2. The second kappa shape index (κ2) is 15.6. The smallest absolute Gasteiger partial charge is 0.316 e. The quantitative estimate of drug-likeness (QED) is 0.226. The number of ketones is 1. The highest BCUT2D eigenvalue weighted by Crippen LogP contribution is 2.40. The first-order chi connectivity index (χ1) is 21.7. The molecule has 268 valence electrons. The van der Waals surface area contributed by atoms with Gasteiger partial charge in [0.05, 0.1) is 37.1 Å². The Balaban J connectivity index is 2.31. The number of rotatable bonds is 5. The minimum absolute atomic E-state index is 0.000900. The zero-order valence-corrected chi connectivity index (χ0v) is 30.1. The van der Waals surface area contributed by atoms with Gasteiger partial charge in [0.2, 0.25) is 5.91 Å². The Hall–Kier alpha value is -2.19. The van der Waals surface area contributed by atoms with Crippen molar-refractivity contribution in [3.05, 3.63) is 23.4 Å². The molecule has 3 N–H and O–H groups in total. The molecule has 3 aliphatic rings. The summed E-state index contributed by atoms with van der Waals surface area (Å²) in [6.45, 7) is 19.5. The Morgan fingerprint density at radius 3 is 2.34 bits per heavy atom. The number of fused-ring (bicyclic) bond motifs is 4. The highest BCUT2D eigenvalue weighted by molar-refractivity contribution is 6.00. The molecule has 0 aliphatic carbocycles. The molecule has 12 heteroatoms. The summed E-state index contributed by atoms with van der Waals surface area (Å²) in [5, 5.41) is 26.5. The summed E-state index contributed by atoms with van der Waals surface area (Å²) in [5.41, 5.74) is -1.23. The van der Waals surface area contributed by atoms with E-state index in [1.54, 1.807) is 20.8 Å². The number of esters is 1. The van der Waals surface area contributed by atoms with Gasteiger partial charge in [-0.05, 0) is 67.1 Å². The second-order valence-corrected chi connectivity index (χ2v) is 14.5. The number of carbonyl (C=O) groups excluding carboxylic acids is 3. The van der Waals surface area contributed by atoms with E-state index in [4.69, 9.17) is 23.7 Å². The van der Waals surface area contributed by atoms with Crippen molar-refractivity contribution in [1.29, 1.82) is 0 Å². The van der Waals surface area contributed by atoms with Crippen LogP contribution in [0.4, 0.5) is 0 Å². The van der Waals surface area contributed by atoms with Gasteiger partial charge in [-0.25, -0.2) is 0 Å². The molecule has 2 bridgehead atoms. The van der Waals surface area contributed by atoms with Crippen LogP contribution >= 0.6 is 0 Å². The Labute approximate surface area is 280 Å². The van der Waals surface area contributed by atoms with E-state index in [1.165, 1.54) is 13.8 Å². The van der Waals surface area contributed by atoms with Crippen molar-refractivity contribution in [2.75, 3.05) is 27.3 Å². The largest absolute Gasteiger partial charge is 0.459 e. The van der Waals surface area contributed by atoms with Gasteiger partial charge in [-0.1, -0.05) is 32.9 Å². The van der Waals surface area contributed by atoms with Gasteiger partial charge < -0.3 is 44.1 Å². The number of amides is 1. The molecule has 3 heterocycles. The molecule has 47 heavy (non-hydrogen) atoms. The molecule has 1 saturated heterocycles. The highest BCUT2D eigenvalue weighted by atomic mass is 16.7. The van der Waals surface area contributed by atoms with Crippen LogP contribution in [0.1, 0.15) is 81.6 Å². The molecule has 0 radical (unpaired) electrons. The number of nitrogens with one attached hydrogen (secondary N) is 1. The third-order valence-electron chi connectivity index (χ3n) is 10.1. The van der Waals surface area contributed by atoms with Gasteiger partial charge in [0.25, 0.3) is 0 Å². The zero-order valence-electron chi connectivity index (χ0n) is 30.1. The summed E-state index contributed by atoms with van der Waals surface area (Å²) >= 11 is 0. The minimum Gasteiger partial charge on any atom is -0.459 e. The van der Waals surface area contributed by atoms with Crippen LogP contribution in [-0.2, 0) is 38.1 Å². The van der Waals surface area contributed by atoms with Crippen LogP contribution in [0.2, 0.25) is 0 Å². The molecule has 12 atom stereocenters. The lowest BCUT2D eigenvalue weighted by Crippen LogP contribution is -2.59. The average Bonchev–Trinajstić information content (AvgIpc) is 3.00. The maximum absolute atomic E-state index is 14.2. The fourth-order valence-corrected chi connectivity index (χ4v) is 7.43. The summed E-state index contributed by atoms with van der Waals surface area (Å²) in [7, 11) is 3.75. The molecule has 3 aliphatic heterocycles. The molecule has 0 unspecified atom stereocenters. The van der Waals surface area contributed by atoms with Crippen molar-refractivity contribution in [3.63, 3.8) is 0 Å². The predicted octanol–water partition coefficient (Wildman–Crippen LogP) is 2.89. The first kappa shape index (κ1) is 39.3. The molecule has 1 amide bonds. The third-order valence-corrected chi connectivity index (χ3v) is 10.1. The van der Waals surface area contributed by atoms with E-state index in [1.807, 2.05) is 46.7 Å². The monoisotopic (exact) mass is 666 g/mol. The van der Waals surface area contributed by atoms with Crippen molar-refractivity contribution >= 4 is 17.7 Å². The molecule has 12 nitrogen and oxygen atoms in total. The normalized spacial score (nSPS) is 41.5. The van der Waals surface area contributed by atoms with E-state index in [-0.39, 0.29) is 44.1 Å². The van der Waals surface area contributed by atoms with Gasteiger partial charge in [0.15, 0.2) is 12.1 Å². The van der Waals surface area contributed by atoms with Crippen LogP contribution in [0, 0.1) is 17.8 Å². The van der Waals surface area contributed by atoms with Crippen molar-refractivity contribution < 1.29 is 48.3 Å². The van der Waals surface area contributed by atoms with Crippen LogP contribution in [0.3, 0.4) is 0 Å². The first-order valence-electron chi connectivity index (χ1n) is 16.8. The number of aliphatic hydroxyl groups excluding tert-OH is 1. The number of ether oxygens (including phenoxy) is 5. The maximum atomic E-state index is 14.2. The molecule has 1 fully saturated rings. The molecule has 3 rings (SSSR count). The molecule has 0 aromatic heterocycles. The van der Waals surface area contributed by atoms with Gasteiger partial charge in [-0.15, -0.1) is 0 Å². The number of cyclic esters (lactones) is 1. The van der Waals surface area contributed by atoms with Gasteiger partial charge in [0, 0.05) is 36.9 Å². The number of hydrogen-bond donors (Lipinski definition) is 3. The Morgan fingerprint density at radius 2 is 1.77 bits per heavy atom. The Morgan fingerprint density at radius 1 is 1.13 bits per heavy atom. The number of Topliss-reactive ketones (excluding diaryl/α,β-unsaturated/α-hetero) is 1. The van der Waals surface area contributed by atoms with E-state index in [9.17, 15) is 24.6 Å². The van der Waals surface area contributed by atoms with Crippen LogP contribution < -0.4 is 5.32 Å². The second-order valence-electron chi connectivity index (χ2n) is 14.5. The van der Waals surface area contributed by atoms with E-state index < -0.39 is 71.4 Å². The van der Waals surface area contributed by atoms with Gasteiger partial charge in [0.1, 0.15) is 23.7 Å². The summed E-state index contributed by atoms with van der Waals surface area (Å²) in [4.78, 5) is 42.3. The van der Waals surface area contributed by atoms with Crippen molar-refractivity contribution in [3.8, 4) is 0 Å². The average molecular weight is 667 g/mol. The van der Waals surface area contributed by atoms with Crippen molar-refractivity contribution in [2.24, 2.45) is 17.8 Å². The fraction of sp³-hybridized carbons (Fsp3) is 0.800. The van der Waals surface area contributed by atoms with Gasteiger partial charge >= 0.3 is 5.97 Å². The van der Waals surface area contributed by atoms with Gasteiger partial charge in [-0.2, -0.15) is 0 Å². The number of nitrogens with zero attached hydrogens (tertiary/aromatic N) is 1. The number of carbonyl (C=O) groups is 3. The molecule has 0 aromatic carbocycles. The number of hydrogen-bond acceptors (Lipinski definition) is 11. The molecular weight excluding hydrogens is 608 g/mol. The SMILES string of the molecule is C=C1CO[C@@H]2[C@@H](C)C(NC(C)=O)=C(C)C[C@@](C)(OC1)[C@H](O[C@@H]1O[C@H](C)C[C@H](N(C)C)[C@H]1O)[C@@H](C)C(=O)[C@@H](C)C(=O)O[C@H](CC)[C@@]2(C)O. The molecular formula is C35H58N2O10. The first-order valence-corrected chi connectivity index (χ1v) is 16.8. The topological polar surface area (TPSA) is 153 Å². The van der Waals surface area contributed by atoms with Crippen molar-refractivity contribution in [1.82, 2.24) is 10.2 Å². The molecule has 0 spiro atoms. The summed E-state index contributed by atoms with van der Waals surface area (Å²) < 4.78 is 31.7. The lowest BCUT2D eigenvalue weighted by molar-refractivity contribution is -0.295. The summed E-state index contributed by atoms with van der Waals surface area (Å²) in [6.07, 6.45) is -4.48. The zero-order chi connectivity index (χ0) is 35.6. The van der Waals surface area contributed by atoms with E-state index >= 15 is 0 Å². The molecule has 0 aromatic rings. The van der Waals surface area contributed by atoms with E-state index in [0.717, 1.165) is 0 Å². The van der Waals surface area contributed by atoms with Gasteiger partial charge in [-0.3, -0.25) is 14.4 Å². The Bertz CT molecular complexity index is 1200. The lowest BCUT2D eigenvalue weighted by Gasteiger charge is -2.47. The van der Waals surface area contributed by atoms with Crippen LogP contribution in [0.15, 0.2) is 23.4 Å². The van der Waals surface area contributed by atoms with Crippen LogP contribution in [-0.4, -0.2) is 114 Å². The highest BCUT2D eigenvalue weighted by Gasteiger charge is 2.52. The van der Waals surface area contributed by atoms with Crippen LogP contribution in [0.5, 0.6) is 0 Å². The minimum atomic E-state index is -1.73. The van der Waals surface area contributed by atoms with Crippen molar-refractivity contribution in [2.45, 2.75) is 136 Å². The summed E-state index contributed by atoms with van der Waals surface area (Å²) in [5.74, 6) is -4.32. The maximum Gasteiger partial charge on any atom is 0.316 e. The van der Waals surface area contributed by atoms with E-state index in [2.05, 4.69) is 11.9 Å². The Kier molecular flexibility index (Phi) is 13.0. The predicted molar refractivity (Wildman–Crippen MR) is 175 cm³/mol.